The third-order valence-electron chi connectivity index (χ3n) is 9.61. The molecule has 0 saturated heterocycles. The summed E-state index contributed by atoms with van der Waals surface area (Å²) >= 11 is 1.71. The molecule has 10 aromatic rings. The molecule has 0 spiro atoms. The van der Waals surface area contributed by atoms with E-state index in [0.717, 1.165) is 82.8 Å². The average molecular weight is 696 g/mol. The van der Waals surface area contributed by atoms with E-state index in [0.29, 0.717) is 5.82 Å². The van der Waals surface area contributed by atoms with Crippen molar-refractivity contribution in [1.82, 2.24) is 24.9 Å². The van der Waals surface area contributed by atoms with Crippen LogP contribution in [0.15, 0.2) is 176 Å². The fourth-order valence-electron chi connectivity index (χ4n) is 6.79. The van der Waals surface area contributed by atoms with Crippen LogP contribution in [0.1, 0.15) is 0 Å². The van der Waals surface area contributed by atoms with Gasteiger partial charge >= 0.3 is 0 Å². The number of rotatable bonds is 6. The topological polar surface area (TPSA) is 64.5 Å². The average Bonchev–Trinajstić information content (AvgIpc) is 3.68. The number of nitrogens with zero attached hydrogens (tertiary/aromatic N) is 5. The van der Waals surface area contributed by atoms with Crippen molar-refractivity contribution in [2.45, 2.75) is 0 Å². The minimum absolute atomic E-state index is 0.673. The lowest BCUT2D eigenvalue weighted by molar-refractivity contribution is 1.18. The number of para-hydroxylation sites is 1. The van der Waals surface area contributed by atoms with E-state index in [1.54, 1.807) is 11.3 Å². The third kappa shape index (κ3) is 5.91. The summed E-state index contributed by atoms with van der Waals surface area (Å²) in [7, 11) is 0. The second kappa shape index (κ2) is 13.0. The molecule has 248 valence electrons. The molecule has 0 radical (unpaired) electrons. The van der Waals surface area contributed by atoms with E-state index in [-0.39, 0.29) is 0 Å². The number of fused-ring (bicyclic) bond motifs is 4. The van der Waals surface area contributed by atoms with E-state index in [2.05, 4.69) is 157 Å². The molecule has 0 aliphatic heterocycles. The molecule has 0 aliphatic carbocycles. The molecule has 0 unspecified atom stereocenters. The maximum Gasteiger partial charge on any atom is 0.160 e. The lowest BCUT2D eigenvalue weighted by Gasteiger charge is -2.11. The van der Waals surface area contributed by atoms with Crippen molar-refractivity contribution in [2.24, 2.45) is 0 Å². The number of thiazole rings is 1. The summed E-state index contributed by atoms with van der Waals surface area (Å²) in [5.74, 6) is 0.673. The first kappa shape index (κ1) is 30.9. The first-order chi connectivity index (χ1) is 26.2. The predicted molar refractivity (Wildman–Crippen MR) is 218 cm³/mol. The Labute approximate surface area is 310 Å². The van der Waals surface area contributed by atoms with Crippen LogP contribution in [0.5, 0.6) is 0 Å². The Morgan fingerprint density at radius 3 is 1.64 bits per heavy atom. The van der Waals surface area contributed by atoms with Gasteiger partial charge in [-0.3, -0.25) is 4.98 Å². The number of hydrogen-bond donors (Lipinski definition) is 0. The van der Waals surface area contributed by atoms with E-state index in [1.165, 1.54) is 10.3 Å². The maximum absolute atomic E-state index is 5.13. The van der Waals surface area contributed by atoms with E-state index in [1.807, 2.05) is 24.4 Å². The Balaban J connectivity index is 1.03. The van der Waals surface area contributed by atoms with Crippen molar-refractivity contribution in [1.29, 1.82) is 0 Å². The molecular formula is C47H29N5S. The Morgan fingerprint density at radius 2 is 0.925 bits per heavy atom. The summed E-state index contributed by atoms with van der Waals surface area (Å²) in [5.41, 5.74) is 12.8. The highest BCUT2D eigenvalue weighted by Crippen LogP contribution is 2.34. The molecule has 0 N–H and O–H groups in total. The molecule has 4 aromatic heterocycles. The van der Waals surface area contributed by atoms with Crippen molar-refractivity contribution in [3.63, 3.8) is 0 Å². The van der Waals surface area contributed by atoms with Gasteiger partial charge in [0.15, 0.2) is 5.82 Å². The quantitative estimate of drug-likeness (QED) is 0.162. The first-order valence-corrected chi connectivity index (χ1v) is 18.3. The van der Waals surface area contributed by atoms with Crippen LogP contribution in [0.25, 0.3) is 98.9 Å². The molecule has 0 aliphatic rings. The summed E-state index contributed by atoms with van der Waals surface area (Å²) < 4.78 is 1.18. The molecule has 5 nitrogen and oxygen atoms in total. The zero-order valence-electron chi connectivity index (χ0n) is 28.4. The van der Waals surface area contributed by atoms with Crippen molar-refractivity contribution in [3.05, 3.63) is 176 Å². The molecule has 4 heterocycles. The van der Waals surface area contributed by atoms with Gasteiger partial charge in [0.25, 0.3) is 0 Å². The van der Waals surface area contributed by atoms with Crippen molar-refractivity contribution >= 4 is 43.4 Å². The molecule has 0 saturated carbocycles. The molecular weight excluding hydrogens is 667 g/mol. The number of aromatic nitrogens is 5. The number of pyridine rings is 2. The van der Waals surface area contributed by atoms with Gasteiger partial charge in [-0.1, -0.05) is 140 Å². The smallest absolute Gasteiger partial charge is 0.160 e. The summed E-state index contributed by atoms with van der Waals surface area (Å²) in [6, 6.07) is 58.6. The number of hydrogen-bond acceptors (Lipinski definition) is 6. The Bertz CT molecular complexity index is 2890. The van der Waals surface area contributed by atoms with Crippen LogP contribution >= 0.6 is 11.3 Å². The van der Waals surface area contributed by atoms with Gasteiger partial charge in [-0.15, -0.1) is 11.3 Å². The van der Waals surface area contributed by atoms with Gasteiger partial charge < -0.3 is 0 Å². The molecule has 53 heavy (non-hydrogen) atoms. The fraction of sp³-hybridized carbons (Fsp3) is 0. The normalized spacial score (nSPS) is 11.4. The van der Waals surface area contributed by atoms with Gasteiger partial charge in [-0.25, -0.2) is 19.9 Å². The lowest BCUT2D eigenvalue weighted by atomic mass is 10.0. The van der Waals surface area contributed by atoms with Gasteiger partial charge in [0.1, 0.15) is 5.01 Å². The molecule has 0 amide bonds. The van der Waals surface area contributed by atoms with Gasteiger partial charge in [0.05, 0.1) is 38.3 Å². The SMILES string of the molecule is c1ccc(-c2ccc(-c3nc(-c4ccc(-c5ccc6ccc7cccnc7c6n5)cc4)cc(-c4ccc(-c5nc6ccccc6s5)cc4)n3)cc2)cc1. The third-order valence-corrected chi connectivity index (χ3v) is 10.7. The number of benzene rings is 6. The van der Waals surface area contributed by atoms with Crippen LogP contribution in [0.4, 0.5) is 0 Å². The van der Waals surface area contributed by atoms with E-state index in [9.17, 15) is 0 Å². The largest absolute Gasteiger partial charge is 0.254 e. The van der Waals surface area contributed by atoms with E-state index < -0.39 is 0 Å². The highest BCUT2D eigenvalue weighted by atomic mass is 32.1. The minimum atomic E-state index is 0.673. The van der Waals surface area contributed by atoms with Gasteiger partial charge in [0, 0.05) is 44.8 Å². The van der Waals surface area contributed by atoms with E-state index in [4.69, 9.17) is 19.9 Å². The van der Waals surface area contributed by atoms with Crippen molar-refractivity contribution in [2.75, 3.05) is 0 Å². The van der Waals surface area contributed by atoms with Crippen molar-refractivity contribution < 1.29 is 0 Å². The molecule has 6 aromatic carbocycles. The van der Waals surface area contributed by atoms with Crippen LogP contribution in [0, 0.1) is 0 Å². The molecule has 0 atom stereocenters. The Kier molecular flexibility index (Phi) is 7.59. The summed E-state index contributed by atoms with van der Waals surface area (Å²) in [5, 5.41) is 3.16. The Hall–Kier alpha value is -6.89. The minimum Gasteiger partial charge on any atom is -0.254 e. The predicted octanol–water partition coefficient (Wildman–Crippen LogP) is 12.2. The molecule has 10 rings (SSSR count). The zero-order chi connectivity index (χ0) is 35.1. The van der Waals surface area contributed by atoms with Crippen LogP contribution in [0.2, 0.25) is 0 Å². The first-order valence-electron chi connectivity index (χ1n) is 17.5. The summed E-state index contributed by atoms with van der Waals surface area (Å²) in [6.07, 6.45) is 1.82. The monoisotopic (exact) mass is 695 g/mol. The molecule has 6 heteroatoms. The Morgan fingerprint density at radius 1 is 0.358 bits per heavy atom. The molecule has 0 fully saturated rings. The van der Waals surface area contributed by atoms with Crippen LogP contribution in [-0.2, 0) is 0 Å². The fourth-order valence-corrected chi connectivity index (χ4v) is 7.76. The van der Waals surface area contributed by atoms with Crippen LogP contribution in [0.3, 0.4) is 0 Å². The van der Waals surface area contributed by atoms with Gasteiger partial charge in [-0.2, -0.15) is 0 Å². The maximum atomic E-state index is 5.13. The van der Waals surface area contributed by atoms with Gasteiger partial charge in [-0.05, 0) is 41.5 Å². The highest BCUT2D eigenvalue weighted by Gasteiger charge is 2.14. The second-order valence-corrected chi connectivity index (χ2v) is 14.0. The molecule has 0 bridgehead atoms. The van der Waals surface area contributed by atoms with Crippen LogP contribution < -0.4 is 0 Å². The zero-order valence-corrected chi connectivity index (χ0v) is 29.2. The van der Waals surface area contributed by atoms with E-state index >= 15 is 0 Å². The van der Waals surface area contributed by atoms with Gasteiger partial charge in [0.2, 0.25) is 0 Å². The lowest BCUT2D eigenvalue weighted by Crippen LogP contribution is -1.96. The second-order valence-electron chi connectivity index (χ2n) is 13.0. The van der Waals surface area contributed by atoms with Crippen molar-refractivity contribution in [3.8, 4) is 66.9 Å². The summed E-state index contributed by atoms with van der Waals surface area (Å²) in [6.45, 7) is 0. The van der Waals surface area contributed by atoms with Crippen LogP contribution in [-0.4, -0.2) is 24.9 Å². The highest BCUT2D eigenvalue weighted by molar-refractivity contribution is 7.21. The standard InChI is InChI=1S/C47H29N5S/c1-2-7-30(8-3-1)31-12-22-37(23-13-31)46-50-41(29-42(51-46)34-18-24-38(25-19-34)47-52-40-10-4-5-11-43(40)53-47)33-16-14-32(15-17-33)39-27-26-36-21-20-35-9-6-28-48-44(35)45(36)49-39/h1-29H. The summed E-state index contributed by atoms with van der Waals surface area (Å²) in [4.78, 5) is 24.8.